The molecule has 5 nitrogen and oxygen atoms in total. The van der Waals surface area contributed by atoms with E-state index in [1.165, 1.54) is 0 Å². The topological polar surface area (TPSA) is 75.3 Å². The molecule has 3 N–H and O–H groups in total. The lowest BCUT2D eigenvalue weighted by atomic mass is 9.95. The molecule has 1 atom stereocenters. The zero-order valence-electron chi connectivity index (χ0n) is 10.5. The highest BCUT2D eigenvalue weighted by molar-refractivity contribution is 5.34. The van der Waals surface area contributed by atoms with Gasteiger partial charge in [0.05, 0.1) is 11.3 Å². The Labute approximate surface area is 102 Å². The molecule has 1 aromatic heterocycles. The van der Waals surface area contributed by atoms with Gasteiger partial charge in [-0.2, -0.15) is 0 Å². The Morgan fingerprint density at radius 1 is 1.53 bits per heavy atom. The summed E-state index contributed by atoms with van der Waals surface area (Å²) in [5.41, 5.74) is 6.73. The number of aryl methyl sites for hydroxylation is 1. The molecule has 0 aromatic carbocycles. The molecule has 0 bridgehead atoms. The number of aromatic nitrogens is 2. The minimum atomic E-state index is -0.645. The minimum Gasteiger partial charge on any atom is -0.388 e. The van der Waals surface area contributed by atoms with Crippen LogP contribution in [-0.4, -0.2) is 33.8 Å². The molecule has 0 saturated carbocycles. The quantitative estimate of drug-likeness (QED) is 0.786. The summed E-state index contributed by atoms with van der Waals surface area (Å²) in [5.74, 6) is 0.686. The highest BCUT2D eigenvalue weighted by Crippen LogP contribution is 2.23. The molecule has 1 aliphatic rings. The summed E-state index contributed by atoms with van der Waals surface area (Å²) in [7, 11) is 0. The molecular weight excluding hydrogens is 216 g/mol. The second-order valence-corrected chi connectivity index (χ2v) is 5.03. The van der Waals surface area contributed by atoms with Crippen LogP contribution in [0, 0.1) is 6.92 Å². The van der Waals surface area contributed by atoms with Gasteiger partial charge in [0.15, 0.2) is 0 Å². The molecular formula is C12H20N4O. The maximum atomic E-state index is 10.1. The first-order valence-electron chi connectivity index (χ1n) is 6.02. The molecule has 0 amide bonds. The van der Waals surface area contributed by atoms with Gasteiger partial charge in [0.25, 0.3) is 0 Å². The average molecular weight is 236 g/mol. The first-order valence-corrected chi connectivity index (χ1v) is 6.02. The number of nitrogens with zero attached hydrogens (tertiary/aromatic N) is 3. The van der Waals surface area contributed by atoms with E-state index in [9.17, 15) is 5.11 Å². The van der Waals surface area contributed by atoms with Gasteiger partial charge in [-0.25, -0.2) is 9.97 Å². The molecule has 2 rings (SSSR count). The van der Waals surface area contributed by atoms with Crippen LogP contribution in [0.1, 0.15) is 31.2 Å². The Hall–Kier alpha value is -1.20. The highest BCUT2D eigenvalue weighted by Gasteiger charge is 2.29. The number of hydrogen-bond acceptors (Lipinski definition) is 5. The smallest absolute Gasteiger partial charge is 0.225 e. The summed E-state index contributed by atoms with van der Waals surface area (Å²) in [6.45, 7) is 5.69. The van der Waals surface area contributed by atoms with E-state index in [0.29, 0.717) is 19.0 Å². The fourth-order valence-electron chi connectivity index (χ4n) is 2.25. The summed E-state index contributed by atoms with van der Waals surface area (Å²) in [4.78, 5) is 10.9. The van der Waals surface area contributed by atoms with Crippen molar-refractivity contribution in [3.63, 3.8) is 0 Å². The fraction of sp³-hybridized carbons (Fsp3) is 0.667. The first kappa shape index (κ1) is 12.3. The van der Waals surface area contributed by atoms with Crippen molar-refractivity contribution in [3.8, 4) is 0 Å². The number of anilines is 1. The van der Waals surface area contributed by atoms with Gasteiger partial charge in [-0.15, -0.1) is 0 Å². The van der Waals surface area contributed by atoms with E-state index in [1.54, 1.807) is 0 Å². The summed E-state index contributed by atoms with van der Waals surface area (Å²) in [6.07, 6.45) is 1.79. The van der Waals surface area contributed by atoms with E-state index in [1.807, 2.05) is 24.8 Å². The third-order valence-corrected chi connectivity index (χ3v) is 3.06. The van der Waals surface area contributed by atoms with Crippen LogP contribution in [0.2, 0.25) is 0 Å². The molecule has 1 aliphatic heterocycles. The zero-order valence-corrected chi connectivity index (χ0v) is 10.5. The second-order valence-electron chi connectivity index (χ2n) is 5.03. The van der Waals surface area contributed by atoms with E-state index < -0.39 is 5.60 Å². The standard InChI is InChI=1S/C12H20N4O/c1-9-6-10(7-13)15-11(14-9)16-5-3-4-12(2,17)8-16/h6,17H,3-5,7-8,13H2,1-2H3. The van der Waals surface area contributed by atoms with Gasteiger partial charge in [-0.05, 0) is 32.8 Å². The van der Waals surface area contributed by atoms with Crippen molar-refractivity contribution in [2.24, 2.45) is 5.73 Å². The fourth-order valence-corrected chi connectivity index (χ4v) is 2.25. The van der Waals surface area contributed by atoms with Gasteiger partial charge < -0.3 is 15.7 Å². The summed E-state index contributed by atoms with van der Waals surface area (Å²) in [6, 6.07) is 1.89. The van der Waals surface area contributed by atoms with Crippen LogP contribution in [0.5, 0.6) is 0 Å². The van der Waals surface area contributed by atoms with Crippen molar-refractivity contribution in [2.75, 3.05) is 18.0 Å². The van der Waals surface area contributed by atoms with Gasteiger partial charge in [0.2, 0.25) is 5.95 Å². The third kappa shape index (κ3) is 2.92. The number of aliphatic hydroxyl groups is 1. The van der Waals surface area contributed by atoms with Crippen LogP contribution in [0.25, 0.3) is 0 Å². The monoisotopic (exact) mass is 236 g/mol. The molecule has 1 aromatic rings. The lowest BCUT2D eigenvalue weighted by molar-refractivity contribution is 0.0444. The molecule has 1 fully saturated rings. The predicted octanol–water partition coefficient (Wildman–Crippen LogP) is 0.595. The number of β-amino-alcohol motifs (C(OH)–C–C–N with tert-alkyl or cyclic N) is 1. The Morgan fingerprint density at radius 3 is 2.94 bits per heavy atom. The molecule has 1 saturated heterocycles. The molecule has 2 heterocycles. The van der Waals surface area contributed by atoms with Gasteiger partial charge in [-0.3, -0.25) is 0 Å². The maximum Gasteiger partial charge on any atom is 0.225 e. The van der Waals surface area contributed by atoms with Gasteiger partial charge in [-0.1, -0.05) is 0 Å². The molecule has 1 unspecified atom stereocenters. The van der Waals surface area contributed by atoms with Crippen molar-refractivity contribution in [1.29, 1.82) is 0 Å². The average Bonchev–Trinajstić information content (AvgIpc) is 2.27. The van der Waals surface area contributed by atoms with Gasteiger partial charge >= 0.3 is 0 Å². The molecule has 5 heteroatoms. The van der Waals surface area contributed by atoms with Crippen LogP contribution < -0.4 is 10.6 Å². The molecule has 0 spiro atoms. The number of hydrogen-bond donors (Lipinski definition) is 2. The summed E-state index contributed by atoms with van der Waals surface area (Å²) in [5, 5.41) is 10.1. The first-order chi connectivity index (χ1) is 8.00. The Balaban J connectivity index is 2.24. The Bertz CT molecular complexity index is 405. The SMILES string of the molecule is Cc1cc(CN)nc(N2CCCC(C)(O)C2)n1. The van der Waals surface area contributed by atoms with E-state index in [0.717, 1.165) is 30.8 Å². The van der Waals surface area contributed by atoms with Crippen molar-refractivity contribution < 1.29 is 5.11 Å². The predicted molar refractivity (Wildman–Crippen MR) is 66.7 cm³/mol. The van der Waals surface area contributed by atoms with E-state index >= 15 is 0 Å². The van der Waals surface area contributed by atoms with Crippen molar-refractivity contribution >= 4 is 5.95 Å². The third-order valence-electron chi connectivity index (χ3n) is 3.06. The van der Waals surface area contributed by atoms with E-state index in [2.05, 4.69) is 9.97 Å². The highest BCUT2D eigenvalue weighted by atomic mass is 16.3. The van der Waals surface area contributed by atoms with Crippen molar-refractivity contribution in [3.05, 3.63) is 17.5 Å². The van der Waals surface area contributed by atoms with Gasteiger partial charge in [0.1, 0.15) is 0 Å². The zero-order chi connectivity index (χ0) is 12.5. The van der Waals surface area contributed by atoms with Gasteiger partial charge in [0, 0.05) is 25.3 Å². The maximum absolute atomic E-state index is 10.1. The van der Waals surface area contributed by atoms with Crippen LogP contribution in [-0.2, 0) is 6.54 Å². The second kappa shape index (κ2) is 4.58. The largest absolute Gasteiger partial charge is 0.388 e. The molecule has 94 valence electrons. The molecule has 0 aliphatic carbocycles. The molecule has 0 radical (unpaired) electrons. The number of piperidine rings is 1. The lowest BCUT2D eigenvalue weighted by Gasteiger charge is -2.36. The normalized spacial score (nSPS) is 25.1. The summed E-state index contributed by atoms with van der Waals surface area (Å²) >= 11 is 0. The number of rotatable bonds is 2. The van der Waals surface area contributed by atoms with Crippen LogP contribution in [0.3, 0.4) is 0 Å². The van der Waals surface area contributed by atoms with Crippen molar-refractivity contribution in [2.45, 2.75) is 38.8 Å². The van der Waals surface area contributed by atoms with Crippen LogP contribution in [0.15, 0.2) is 6.07 Å². The summed E-state index contributed by atoms with van der Waals surface area (Å²) < 4.78 is 0. The van der Waals surface area contributed by atoms with Crippen LogP contribution >= 0.6 is 0 Å². The van der Waals surface area contributed by atoms with E-state index in [4.69, 9.17) is 5.73 Å². The Kier molecular flexibility index (Phi) is 3.31. The molecule has 17 heavy (non-hydrogen) atoms. The number of nitrogens with two attached hydrogens (primary N) is 1. The Morgan fingerprint density at radius 2 is 2.29 bits per heavy atom. The van der Waals surface area contributed by atoms with Crippen molar-refractivity contribution in [1.82, 2.24) is 9.97 Å². The lowest BCUT2D eigenvalue weighted by Crippen LogP contribution is -2.46. The minimum absolute atomic E-state index is 0.417. The van der Waals surface area contributed by atoms with Crippen LogP contribution in [0.4, 0.5) is 5.95 Å². The van der Waals surface area contributed by atoms with E-state index in [-0.39, 0.29) is 0 Å².